The van der Waals surface area contributed by atoms with Crippen molar-refractivity contribution in [2.45, 2.75) is 43.9 Å². The Labute approximate surface area is 139 Å². The maximum absolute atomic E-state index is 13.5. The lowest BCUT2D eigenvalue weighted by molar-refractivity contribution is -0.140. The van der Waals surface area contributed by atoms with Crippen LogP contribution in [0.5, 0.6) is 0 Å². The Morgan fingerprint density at radius 2 is 1.61 bits per heavy atom. The number of fused-ring (bicyclic) bond motifs is 1. The highest BCUT2D eigenvalue weighted by Crippen LogP contribution is 2.41. The molecule has 1 aliphatic carbocycles. The van der Waals surface area contributed by atoms with Crippen molar-refractivity contribution in [3.05, 3.63) is 35.9 Å². The average Bonchev–Trinajstić information content (AvgIpc) is 3.06. The zero-order valence-electron chi connectivity index (χ0n) is 13.9. The summed E-state index contributed by atoms with van der Waals surface area (Å²) in [5, 5.41) is 0. The van der Waals surface area contributed by atoms with Gasteiger partial charge in [-0.2, -0.15) is 0 Å². The fourth-order valence-corrected chi connectivity index (χ4v) is 4.98. The van der Waals surface area contributed by atoms with Crippen LogP contribution >= 0.6 is 0 Å². The third-order valence-corrected chi connectivity index (χ3v) is 6.35. The van der Waals surface area contributed by atoms with Crippen LogP contribution in [0.1, 0.15) is 44.1 Å². The third-order valence-electron chi connectivity index (χ3n) is 6.35. The predicted octanol–water partition coefficient (Wildman–Crippen LogP) is 3.38. The summed E-state index contributed by atoms with van der Waals surface area (Å²) >= 11 is 0. The molecule has 1 amide bonds. The number of carbonyl (C=O) groups is 1. The molecule has 0 aromatic heterocycles. The van der Waals surface area contributed by atoms with E-state index in [0.717, 1.165) is 37.8 Å². The van der Waals surface area contributed by atoms with E-state index < -0.39 is 0 Å². The van der Waals surface area contributed by atoms with E-state index in [1.165, 1.54) is 31.2 Å². The summed E-state index contributed by atoms with van der Waals surface area (Å²) < 4.78 is 5.58. The van der Waals surface area contributed by atoms with Gasteiger partial charge in [0.15, 0.2) is 0 Å². The van der Waals surface area contributed by atoms with E-state index in [9.17, 15) is 4.79 Å². The molecule has 0 N–H and O–H groups in total. The predicted molar refractivity (Wildman–Crippen MR) is 90.2 cm³/mol. The SMILES string of the molecule is O=C(N1C[C@@H]2CCCC[C@H]2C1)C1(c2ccccc2)CCOCC1. The third kappa shape index (κ3) is 2.69. The van der Waals surface area contributed by atoms with Crippen LogP contribution in [-0.2, 0) is 14.9 Å². The van der Waals surface area contributed by atoms with E-state index >= 15 is 0 Å². The molecule has 0 bridgehead atoms. The van der Waals surface area contributed by atoms with Crippen LogP contribution in [0.15, 0.2) is 30.3 Å². The van der Waals surface area contributed by atoms with Gasteiger partial charge in [0, 0.05) is 26.3 Å². The van der Waals surface area contributed by atoms with Crippen molar-refractivity contribution in [3.63, 3.8) is 0 Å². The maximum Gasteiger partial charge on any atom is 0.233 e. The number of hydrogen-bond donors (Lipinski definition) is 0. The maximum atomic E-state index is 13.5. The van der Waals surface area contributed by atoms with Gasteiger partial charge < -0.3 is 9.64 Å². The molecule has 4 rings (SSSR count). The van der Waals surface area contributed by atoms with E-state index in [-0.39, 0.29) is 5.41 Å². The van der Waals surface area contributed by atoms with Crippen LogP contribution < -0.4 is 0 Å². The van der Waals surface area contributed by atoms with Crippen molar-refractivity contribution in [1.82, 2.24) is 4.90 Å². The van der Waals surface area contributed by atoms with Crippen LogP contribution in [0.2, 0.25) is 0 Å². The van der Waals surface area contributed by atoms with Crippen LogP contribution in [0.25, 0.3) is 0 Å². The van der Waals surface area contributed by atoms with Crippen LogP contribution in [0.3, 0.4) is 0 Å². The number of rotatable bonds is 2. The summed E-state index contributed by atoms with van der Waals surface area (Å²) in [6.07, 6.45) is 6.97. The van der Waals surface area contributed by atoms with Crippen molar-refractivity contribution in [2.75, 3.05) is 26.3 Å². The molecule has 1 aromatic carbocycles. The molecule has 0 unspecified atom stereocenters. The van der Waals surface area contributed by atoms with Crippen LogP contribution in [-0.4, -0.2) is 37.1 Å². The fraction of sp³-hybridized carbons (Fsp3) is 0.650. The molecule has 2 saturated heterocycles. The minimum absolute atomic E-state index is 0.354. The van der Waals surface area contributed by atoms with E-state index in [0.29, 0.717) is 19.1 Å². The molecule has 23 heavy (non-hydrogen) atoms. The van der Waals surface area contributed by atoms with Crippen molar-refractivity contribution in [1.29, 1.82) is 0 Å². The van der Waals surface area contributed by atoms with Crippen molar-refractivity contribution >= 4 is 5.91 Å². The Hall–Kier alpha value is -1.35. The summed E-state index contributed by atoms with van der Waals surface area (Å²) in [7, 11) is 0. The highest BCUT2D eigenvalue weighted by Gasteiger charge is 2.47. The minimum Gasteiger partial charge on any atom is -0.381 e. The Balaban J connectivity index is 1.60. The lowest BCUT2D eigenvalue weighted by Crippen LogP contribution is -2.49. The number of nitrogens with zero attached hydrogens (tertiary/aromatic N) is 1. The van der Waals surface area contributed by atoms with Gasteiger partial charge in [-0.1, -0.05) is 43.2 Å². The molecule has 1 aromatic rings. The first-order chi connectivity index (χ1) is 11.3. The number of amides is 1. The van der Waals surface area contributed by atoms with Gasteiger partial charge >= 0.3 is 0 Å². The van der Waals surface area contributed by atoms with E-state index in [2.05, 4.69) is 29.2 Å². The quantitative estimate of drug-likeness (QED) is 0.837. The molecule has 1 saturated carbocycles. The van der Waals surface area contributed by atoms with Gasteiger partial charge in [0.25, 0.3) is 0 Å². The molecule has 3 nitrogen and oxygen atoms in total. The summed E-state index contributed by atoms with van der Waals surface area (Å²) in [5.41, 5.74) is 0.829. The molecule has 2 heterocycles. The van der Waals surface area contributed by atoms with Crippen molar-refractivity contribution in [3.8, 4) is 0 Å². The number of carbonyl (C=O) groups excluding carboxylic acids is 1. The van der Waals surface area contributed by atoms with Crippen LogP contribution in [0, 0.1) is 11.8 Å². The van der Waals surface area contributed by atoms with Crippen LogP contribution in [0.4, 0.5) is 0 Å². The standard InChI is InChI=1S/C20H27NO2/c22-19(21-14-16-6-4-5-7-17(16)15-21)20(10-12-23-13-11-20)18-8-2-1-3-9-18/h1-3,8-9,16-17H,4-7,10-15H2/t16-,17-/m0/s1. The summed E-state index contributed by atoms with van der Waals surface area (Å²) in [6.45, 7) is 3.36. The monoisotopic (exact) mass is 313 g/mol. The van der Waals surface area contributed by atoms with Gasteiger partial charge in [-0.25, -0.2) is 0 Å². The molecule has 0 radical (unpaired) electrons. The molecule has 124 valence electrons. The Morgan fingerprint density at radius 3 is 2.22 bits per heavy atom. The topological polar surface area (TPSA) is 29.5 Å². The van der Waals surface area contributed by atoms with Gasteiger partial charge in [-0.05, 0) is 43.1 Å². The molecule has 2 aliphatic heterocycles. The largest absolute Gasteiger partial charge is 0.381 e. The fourth-order valence-electron chi connectivity index (χ4n) is 4.98. The minimum atomic E-state index is -0.354. The normalized spacial score (nSPS) is 30.0. The first kappa shape index (κ1) is 15.2. The molecule has 0 spiro atoms. The van der Waals surface area contributed by atoms with Gasteiger partial charge in [0.1, 0.15) is 0 Å². The zero-order valence-corrected chi connectivity index (χ0v) is 13.9. The zero-order chi connectivity index (χ0) is 15.7. The Bertz CT molecular complexity index is 536. The van der Waals surface area contributed by atoms with E-state index in [4.69, 9.17) is 4.74 Å². The first-order valence-electron chi connectivity index (χ1n) is 9.22. The Morgan fingerprint density at radius 1 is 1.00 bits per heavy atom. The highest BCUT2D eigenvalue weighted by atomic mass is 16.5. The van der Waals surface area contributed by atoms with Crippen molar-refractivity contribution < 1.29 is 9.53 Å². The molecule has 2 atom stereocenters. The molecular weight excluding hydrogens is 286 g/mol. The average molecular weight is 313 g/mol. The van der Waals surface area contributed by atoms with E-state index in [1.807, 2.05) is 6.07 Å². The lowest BCUT2D eigenvalue weighted by atomic mass is 9.73. The van der Waals surface area contributed by atoms with E-state index in [1.54, 1.807) is 0 Å². The highest BCUT2D eigenvalue weighted by molar-refractivity contribution is 5.88. The number of hydrogen-bond acceptors (Lipinski definition) is 2. The van der Waals surface area contributed by atoms with Gasteiger partial charge in [-0.3, -0.25) is 4.79 Å². The molecule has 3 heteroatoms. The second-order valence-electron chi connectivity index (χ2n) is 7.58. The molecular formula is C20H27NO2. The summed E-state index contributed by atoms with van der Waals surface area (Å²) in [6, 6.07) is 10.4. The van der Waals surface area contributed by atoms with Crippen molar-refractivity contribution in [2.24, 2.45) is 11.8 Å². The second kappa shape index (κ2) is 6.27. The summed E-state index contributed by atoms with van der Waals surface area (Å²) in [4.78, 5) is 15.7. The van der Waals surface area contributed by atoms with Gasteiger partial charge in [-0.15, -0.1) is 0 Å². The second-order valence-corrected chi connectivity index (χ2v) is 7.58. The first-order valence-corrected chi connectivity index (χ1v) is 9.22. The number of ether oxygens (including phenoxy) is 1. The lowest BCUT2D eigenvalue weighted by Gasteiger charge is -2.39. The van der Waals surface area contributed by atoms with Gasteiger partial charge in [0.2, 0.25) is 5.91 Å². The molecule has 3 fully saturated rings. The summed E-state index contributed by atoms with van der Waals surface area (Å²) in [5.74, 6) is 1.86. The smallest absolute Gasteiger partial charge is 0.233 e. The Kier molecular flexibility index (Phi) is 4.14. The van der Waals surface area contributed by atoms with Gasteiger partial charge in [0.05, 0.1) is 5.41 Å². The number of benzene rings is 1. The number of likely N-dealkylation sites (tertiary alicyclic amines) is 1. The molecule has 3 aliphatic rings.